The van der Waals surface area contributed by atoms with Gasteiger partial charge in [0.05, 0.1) is 11.1 Å². The standard InChI is InChI=1S/C15H24ClNOS/c1-10(2)11-3-5-15(9-17,6-4-11)14(18)13-7-12(16)8-19-13/h7-8,10-11,14,18H,3-6,9,17H2,1-2H3. The van der Waals surface area contributed by atoms with Crippen molar-refractivity contribution in [2.45, 2.75) is 45.6 Å². The number of aliphatic hydroxyl groups excluding tert-OH is 1. The molecule has 19 heavy (non-hydrogen) atoms. The maximum absolute atomic E-state index is 10.7. The van der Waals surface area contributed by atoms with E-state index in [-0.39, 0.29) is 5.41 Å². The van der Waals surface area contributed by atoms with E-state index in [9.17, 15) is 5.11 Å². The molecular weight excluding hydrogens is 278 g/mol. The highest BCUT2D eigenvalue weighted by Gasteiger charge is 2.41. The van der Waals surface area contributed by atoms with E-state index in [4.69, 9.17) is 17.3 Å². The molecule has 2 rings (SSSR count). The fourth-order valence-electron chi connectivity index (χ4n) is 3.24. The number of nitrogens with two attached hydrogens (primary N) is 1. The second-order valence-electron chi connectivity index (χ2n) is 6.22. The third-order valence-corrected chi connectivity index (χ3v) is 6.15. The Morgan fingerprint density at radius 3 is 2.53 bits per heavy atom. The van der Waals surface area contributed by atoms with Crippen molar-refractivity contribution >= 4 is 22.9 Å². The third kappa shape index (κ3) is 3.15. The number of hydrogen-bond acceptors (Lipinski definition) is 3. The molecule has 1 aliphatic rings. The van der Waals surface area contributed by atoms with Crippen molar-refractivity contribution in [3.8, 4) is 0 Å². The zero-order chi connectivity index (χ0) is 14.0. The van der Waals surface area contributed by atoms with Crippen molar-refractivity contribution in [3.05, 3.63) is 21.3 Å². The fourth-order valence-corrected chi connectivity index (χ4v) is 4.45. The third-order valence-electron chi connectivity index (χ3n) is 4.81. The quantitative estimate of drug-likeness (QED) is 0.874. The molecule has 1 heterocycles. The van der Waals surface area contributed by atoms with Gasteiger partial charge in [-0.05, 0) is 43.6 Å². The number of aliphatic hydroxyl groups is 1. The Balaban J connectivity index is 2.11. The average molecular weight is 302 g/mol. The van der Waals surface area contributed by atoms with Crippen molar-refractivity contribution in [2.24, 2.45) is 23.0 Å². The molecule has 0 saturated heterocycles. The van der Waals surface area contributed by atoms with Crippen LogP contribution in [0.3, 0.4) is 0 Å². The molecular formula is C15H24ClNOS. The first-order valence-corrected chi connectivity index (χ1v) is 8.36. The SMILES string of the molecule is CC(C)C1CCC(CN)(C(O)c2cc(Cl)cs2)CC1. The first-order chi connectivity index (χ1) is 8.98. The lowest BCUT2D eigenvalue weighted by atomic mass is 9.65. The van der Waals surface area contributed by atoms with Crippen molar-refractivity contribution in [1.82, 2.24) is 0 Å². The number of rotatable bonds is 4. The Bertz CT molecular complexity index is 410. The van der Waals surface area contributed by atoms with Gasteiger partial charge in [-0.25, -0.2) is 0 Å². The van der Waals surface area contributed by atoms with Crippen LogP contribution in [0.2, 0.25) is 5.02 Å². The van der Waals surface area contributed by atoms with Gasteiger partial charge >= 0.3 is 0 Å². The molecule has 4 heteroatoms. The first kappa shape index (κ1) is 15.3. The van der Waals surface area contributed by atoms with E-state index >= 15 is 0 Å². The topological polar surface area (TPSA) is 46.2 Å². The second-order valence-corrected chi connectivity index (χ2v) is 7.60. The summed E-state index contributed by atoms with van der Waals surface area (Å²) in [6.45, 7) is 5.12. The molecule has 1 aromatic rings. The Morgan fingerprint density at radius 1 is 1.47 bits per heavy atom. The zero-order valence-electron chi connectivity index (χ0n) is 11.7. The van der Waals surface area contributed by atoms with Crippen molar-refractivity contribution in [1.29, 1.82) is 0 Å². The van der Waals surface area contributed by atoms with Gasteiger partial charge in [0.15, 0.2) is 0 Å². The molecule has 1 fully saturated rings. The Hall–Kier alpha value is -0.0900. The van der Waals surface area contributed by atoms with Gasteiger partial charge in [-0.1, -0.05) is 25.4 Å². The maximum Gasteiger partial charge on any atom is 0.0950 e. The summed E-state index contributed by atoms with van der Waals surface area (Å²) in [5, 5.41) is 13.3. The number of thiophene rings is 1. The molecule has 1 saturated carbocycles. The predicted octanol–water partition coefficient (Wildman–Crippen LogP) is 4.23. The summed E-state index contributed by atoms with van der Waals surface area (Å²) in [6, 6.07) is 1.88. The van der Waals surface area contributed by atoms with Gasteiger partial charge in [-0.15, -0.1) is 11.3 Å². The molecule has 2 nitrogen and oxygen atoms in total. The van der Waals surface area contributed by atoms with Crippen LogP contribution in [0.4, 0.5) is 0 Å². The van der Waals surface area contributed by atoms with Crippen LogP contribution in [0, 0.1) is 17.3 Å². The van der Waals surface area contributed by atoms with Crippen molar-refractivity contribution < 1.29 is 5.11 Å². The molecule has 0 spiro atoms. The average Bonchev–Trinajstić information content (AvgIpc) is 2.84. The van der Waals surface area contributed by atoms with E-state index in [1.165, 1.54) is 24.2 Å². The lowest BCUT2D eigenvalue weighted by Crippen LogP contribution is -2.40. The lowest BCUT2D eigenvalue weighted by Gasteiger charge is -2.43. The van der Waals surface area contributed by atoms with Gasteiger partial charge in [-0.2, -0.15) is 0 Å². The molecule has 1 unspecified atom stereocenters. The first-order valence-electron chi connectivity index (χ1n) is 7.10. The summed E-state index contributed by atoms with van der Waals surface area (Å²) >= 11 is 7.50. The molecule has 1 aliphatic carbocycles. The van der Waals surface area contributed by atoms with E-state index < -0.39 is 6.10 Å². The molecule has 0 aliphatic heterocycles. The van der Waals surface area contributed by atoms with E-state index in [0.29, 0.717) is 11.6 Å². The summed E-state index contributed by atoms with van der Waals surface area (Å²) in [6.07, 6.45) is 3.91. The van der Waals surface area contributed by atoms with Crippen LogP contribution in [-0.4, -0.2) is 11.7 Å². The fraction of sp³-hybridized carbons (Fsp3) is 0.733. The number of halogens is 1. The van der Waals surface area contributed by atoms with Crippen molar-refractivity contribution in [3.63, 3.8) is 0 Å². The van der Waals surface area contributed by atoms with E-state index in [1.54, 1.807) is 0 Å². The van der Waals surface area contributed by atoms with Gasteiger partial charge in [0, 0.05) is 22.2 Å². The molecule has 1 aromatic heterocycles. The molecule has 0 bridgehead atoms. The van der Waals surface area contributed by atoms with Crippen LogP contribution in [0.5, 0.6) is 0 Å². The van der Waals surface area contributed by atoms with Gasteiger partial charge in [0.25, 0.3) is 0 Å². The van der Waals surface area contributed by atoms with Gasteiger partial charge in [0.2, 0.25) is 0 Å². The minimum atomic E-state index is -0.469. The highest BCUT2D eigenvalue weighted by Crippen LogP contribution is 2.49. The summed E-state index contributed by atoms with van der Waals surface area (Å²) in [5.74, 6) is 1.50. The Morgan fingerprint density at radius 2 is 2.11 bits per heavy atom. The monoisotopic (exact) mass is 301 g/mol. The van der Waals surface area contributed by atoms with E-state index in [0.717, 1.165) is 29.6 Å². The predicted molar refractivity (Wildman–Crippen MR) is 82.6 cm³/mol. The van der Waals surface area contributed by atoms with Gasteiger partial charge in [-0.3, -0.25) is 0 Å². The summed E-state index contributed by atoms with van der Waals surface area (Å²) < 4.78 is 0. The van der Waals surface area contributed by atoms with Crippen LogP contribution in [0.1, 0.15) is 50.5 Å². The molecule has 1 atom stereocenters. The minimum absolute atomic E-state index is 0.153. The molecule has 3 N–H and O–H groups in total. The normalized spacial score (nSPS) is 29.7. The highest BCUT2D eigenvalue weighted by molar-refractivity contribution is 7.10. The van der Waals surface area contributed by atoms with E-state index in [1.807, 2.05) is 11.4 Å². The van der Waals surface area contributed by atoms with Gasteiger partial charge < -0.3 is 10.8 Å². The van der Waals surface area contributed by atoms with Crippen LogP contribution in [0.15, 0.2) is 11.4 Å². The molecule has 0 aromatic carbocycles. The Labute approximate surface area is 125 Å². The lowest BCUT2D eigenvalue weighted by molar-refractivity contribution is -0.0127. The molecule has 108 valence electrons. The van der Waals surface area contributed by atoms with Crippen LogP contribution >= 0.6 is 22.9 Å². The Kier molecular flexibility index (Phi) is 4.93. The second kappa shape index (κ2) is 6.13. The summed E-state index contributed by atoms with van der Waals surface area (Å²) in [5.41, 5.74) is 5.86. The minimum Gasteiger partial charge on any atom is -0.387 e. The van der Waals surface area contributed by atoms with E-state index in [2.05, 4.69) is 13.8 Å². The molecule has 0 radical (unpaired) electrons. The molecule has 0 amide bonds. The summed E-state index contributed by atoms with van der Waals surface area (Å²) in [4.78, 5) is 0.957. The number of hydrogen-bond donors (Lipinski definition) is 2. The highest BCUT2D eigenvalue weighted by atomic mass is 35.5. The van der Waals surface area contributed by atoms with Crippen LogP contribution in [0.25, 0.3) is 0 Å². The zero-order valence-corrected chi connectivity index (χ0v) is 13.3. The van der Waals surface area contributed by atoms with Gasteiger partial charge in [0.1, 0.15) is 0 Å². The smallest absolute Gasteiger partial charge is 0.0950 e. The summed E-state index contributed by atoms with van der Waals surface area (Å²) in [7, 11) is 0. The largest absolute Gasteiger partial charge is 0.387 e. The maximum atomic E-state index is 10.7. The van der Waals surface area contributed by atoms with Crippen molar-refractivity contribution in [2.75, 3.05) is 6.54 Å². The van der Waals surface area contributed by atoms with Crippen LogP contribution in [-0.2, 0) is 0 Å². The van der Waals surface area contributed by atoms with Crippen LogP contribution < -0.4 is 5.73 Å².